The van der Waals surface area contributed by atoms with Crippen LogP contribution < -0.4 is 4.90 Å². The van der Waals surface area contributed by atoms with Crippen molar-refractivity contribution >= 4 is 5.82 Å². The van der Waals surface area contributed by atoms with Gasteiger partial charge in [0.2, 0.25) is 0 Å². The maximum absolute atomic E-state index is 4.33. The van der Waals surface area contributed by atoms with Gasteiger partial charge in [0.15, 0.2) is 0 Å². The smallest absolute Gasteiger partial charge is 0.147 e. The van der Waals surface area contributed by atoms with Crippen molar-refractivity contribution in [2.45, 2.75) is 12.8 Å². The molecule has 18 heavy (non-hydrogen) atoms. The zero-order chi connectivity index (χ0) is 12.2. The van der Waals surface area contributed by atoms with Crippen LogP contribution in [0.4, 0.5) is 5.82 Å². The fourth-order valence-corrected chi connectivity index (χ4v) is 2.36. The molecule has 0 aromatic carbocycles. The zero-order valence-corrected chi connectivity index (χ0v) is 10.1. The first kappa shape index (κ1) is 11.1. The molecule has 1 saturated heterocycles. The molecule has 2 aromatic rings. The summed E-state index contributed by atoms with van der Waals surface area (Å²) >= 11 is 0. The van der Waals surface area contributed by atoms with Crippen LogP contribution in [-0.4, -0.2) is 33.0 Å². The Labute approximate surface area is 106 Å². The molecule has 1 fully saturated rings. The maximum Gasteiger partial charge on any atom is 0.147 e. The normalized spacial score (nSPS) is 19.1. The van der Waals surface area contributed by atoms with E-state index in [0.29, 0.717) is 5.92 Å². The average molecular weight is 241 g/mol. The van der Waals surface area contributed by atoms with Crippen LogP contribution in [0.15, 0.2) is 37.1 Å². The van der Waals surface area contributed by atoms with E-state index in [1.807, 2.05) is 12.3 Å². The zero-order valence-electron chi connectivity index (χ0n) is 10.1. The summed E-state index contributed by atoms with van der Waals surface area (Å²) in [5, 5.41) is 0. The number of rotatable bonds is 3. The fraction of sp³-hybridized carbons (Fsp3) is 0.385. The lowest BCUT2D eigenvalue weighted by Crippen LogP contribution is -2.21. The molecular formula is C13H15N5. The van der Waals surface area contributed by atoms with Crippen molar-refractivity contribution in [1.82, 2.24) is 19.9 Å². The van der Waals surface area contributed by atoms with Crippen LogP contribution in [0.25, 0.3) is 0 Å². The first-order valence-electron chi connectivity index (χ1n) is 6.18. The molecule has 1 aliphatic rings. The third kappa shape index (κ3) is 2.45. The lowest BCUT2D eigenvalue weighted by Gasteiger charge is -2.16. The summed E-state index contributed by atoms with van der Waals surface area (Å²) in [6, 6.07) is 1.85. The van der Waals surface area contributed by atoms with Crippen molar-refractivity contribution in [3.8, 4) is 0 Å². The summed E-state index contributed by atoms with van der Waals surface area (Å²) in [6.45, 7) is 2.05. The van der Waals surface area contributed by atoms with Gasteiger partial charge in [-0.2, -0.15) is 0 Å². The van der Waals surface area contributed by atoms with Gasteiger partial charge in [0.25, 0.3) is 0 Å². The summed E-state index contributed by atoms with van der Waals surface area (Å²) in [7, 11) is 0. The van der Waals surface area contributed by atoms with E-state index in [0.717, 1.165) is 37.6 Å². The molecule has 5 nitrogen and oxygen atoms in total. The van der Waals surface area contributed by atoms with Crippen LogP contribution in [0.1, 0.15) is 12.2 Å². The fourth-order valence-electron chi connectivity index (χ4n) is 2.36. The van der Waals surface area contributed by atoms with Gasteiger partial charge in [-0.15, -0.1) is 0 Å². The molecule has 0 spiro atoms. The van der Waals surface area contributed by atoms with E-state index in [9.17, 15) is 0 Å². The molecule has 0 aliphatic carbocycles. The van der Waals surface area contributed by atoms with Gasteiger partial charge < -0.3 is 4.90 Å². The monoisotopic (exact) mass is 241 g/mol. The number of nitrogens with zero attached hydrogens (tertiary/aromatic N) is 5. The minimum atomic E-state index is 0.606. The number of hydrogen-bond donors (Lipinski definition) is 0. The second-order valence-electron chi connectivity index (χ2n) is 4.53. The quantitative estimate of drug-likeness (QED) is 0.811. The topological polar surface area (TPSA) is 54.8 Å². The largest absolute Gasteiger partial charge is 0.355 e. The van der Waals surface area contributed by atoms with Crippen LogP contribution >= 0.6 is 0 Å². The molecule has 0 radical (unpaired) electrons. The average Bonchev–Trinajstić information content (AvgIpc) is 2.89. The van der Waals surface area contributed by atoms with Gasteiger partial charge in [-0.25, -0.2) is 15.0 Å². The second-order valence-corrected chi connectivity index (χ2v) is 4.53. The van der Waals surface area contributed by atoms with Crippen molar-refractivity contribution in [3.63, 3.8) is 0 Å². The maximum atomic E-state index is 4.33. The molecule has 92 valence electrons. The van der Waals surface area contributed by atoms with Gasteiger partial charge in [0.1, 0.15) is 11.6 Å². The number of anilines is 1. The van der Waals surface area contributed by atoms with Gasteiger partial charge in [-0.1, -0.05) is 0 Å². The van der Waals surface area contributed by atoms with Crippen LogP contribution in [0.5, 0.6) is 0 Å². The van der Waals surface area contributed by atoms with Crippen molar-refractivity contribution in [2.75, 3.05) is 18.0 Å². The molecule has 1 atom stereocenters. The molecule has 3 heterocycles. The summed E-state index contributed by atoms with van der Waals surface area (Å²) in [6.07, 6.45) is 11.0. The van der Waals surface area contributed by atoms with E-state index < -0.39 is 0 Å². The summed E-state index contributed by atoms with van der Waals surface area (Å²) < 4.78 is 0. The summed E-state index contributed by atoms with van der Waals surface area (Å²) in [5.41, 5.74) is 0. The molecular weight excluding hydrogens is 226 g/mol. The van der Waals surface area contributed by atoms with Crippen molar-refractivity contribution in [1.29, 1.82) is 0 Å². The molecule has 1 aliphatic heterocycles. The highest BCUT2D eigenvalue weighted by Gasteiger charge is 2.24. The van der Waals surface area contributed by atoms with Gasteiger partial charge in [-0.05, 0) is 18.4 Å². The molecule has 5 heteroatoms. The Morgan fingerprint density at radius 2 is 2.00 bits per heavy atom. The van der Waals surface area contributed by atoms with Gasteiger partial charge in [-0.3, -0.25) is 4.98 Å². The second kappa shape index (κ2) is 5.08. The first-order chi connectivity index (χ1) is 8.92. The van der Waals surface area contributed by atoms with Gasteiger partial charge in [0.05, 0.1) is 6.20 Å². The Hall–Kier alpha value is -2.04. The third-order valence-corrected chi connectivity index (χ3v) is 3.25. The predicted octanol–water partition coefficient (Wildman–Crippen LogP) is 1.34. The molecule has 2 aromatic heterocycles. The van der Waals surface area contributed by atoms with Crippen LogP contribution in [0.2, 0.25) is 0 Å². The molecule has 3 rings (SSSR count). The highest BCUT2D eigenvalue weighted by Crippen LogP contribution is 2.23. The minimum absolute atomic E-state index is 0.606. The number of aromatic nitrogens is 4. The van der Waals surface area contributed by atoms with Gasteiger partial charge in [0, 0.05) is 44.3 Å². The van der Waals surface area contributed by atoms with E-state index in [4.69, 9.17) is 0 Å². The minimum Gasteiger partial charge on any atom is -0.355 e. The standard InChI is InChI=1S/C13H15N5/c1-3-15-12(16-4-1)8-11-2-7-18(10-11)13-9-14-5-6-17-13/h1,3-6,9,11H,2,7-8,10H2/t11-/m0/s1. The Balaban J connectivity index is 1.62. The lowest BCUT2D eigenvalue weighted by atomic mass is 10.0. The van der Waals surface area contributed by atoms with Crippen LogP contribution in [0.3, 0.4) is 0 Å². The Kier molecular flexibility index (Phi) is 3.12. The van der Waals surface area contributed by atoms with Crippen molar-refractivity contribution in [2.24, 2.45) is 5.92 Å². The van der Waals surface area contributed by atoms with Crippen molar-refractivity contribution < 1.29 is 0 Å². The van der Waals surface area contributed by atoms with E-state index >= 15 is 0 Å². The highest BCUT2D eigenvalue weighted by atomic mass is 15.2. The Morgan fingerprint density at radius 1 is 1.11 bits per heavy atom. The lowest BCUT2D eigenvalue weighted by molar-refractivity contribution is 0.566. The Bertz CT molecular complexity index is 487. The van der Waals surface area contributed by atoms with Crippen LogP contribution in [-0.2, 0) is 6.42 Å². The van der Waals surface area contributed by atoms with E-state index in [-0.39, 0.29) is 0 Å². The molecule has 0 saturated carbocycles. The molecule has 0 amide bonds. The SMILES string of the molecule is c1cnc(C[C@@H]2CCN(c3cnccn3)C2)nc1. The van der Waals surface area contributed by atoms with Crippen molar-refractivity contribution in [3.05, 3.63) is 42.9 Å². The highest BCUT2D eigenvalue weighted by molar-refractivity contribution is 5.36. The van der Waals surface area contributed by atoms with E-state index in [2.05, 4.69) is 24.8 Å². The van der Waals surface area contributed by atoms with E-state index in [1.54, 1.807) is 24.8 Å². The summed E-state index contributed by atoms with van der Waals surface area (Å²) in [5.74, 6) is 2.51. The van der Waals surface area contributed by atoms with E-state index in [1.165, 1.54) is 0 Å². The molecule has 0 N–H and O–H groups in total. The van der Waals surface area contributed by atoms with Gasteiger partial charge >= 0.3 is 0 Å². The first-order valence-corrected chi connectivity index (χ1v) is 6.18. The number of hydrogen-bond acceptors (Lipinski definition) is 5. The predicted molar refractivity (Wildman–Crippen MR) is 68.1 cm³/mol. The molecule has 0 unspecified atom stereocenters. The third-order valence-electron chi connectivity index (χ3n) is 3.25. The Morgan fingerprint density at radius 3 is 2.78 bits per heavy atom. The molecule has 0 bridgehead atoms. The summed E-state index contributed by atoms with van der Waals surface area (Å²) in [4.78, 5) is 19.3. The van der Waals surface area contributed by atoms with Crippen LogP contribution in [0, 0.1) is 5.92 Å².